The number of aliphatic carboxylic acids is 1. The summed E-state index contributed by atoms with van der Waals surface area (Å²) in [6, 6.07) is 0. The van der Waals surface area contributed by atoms with E-state index >= 15 is 0 Å². The van der Waals surface area contributed by atoms with Crippen LogP contribution in [0.15, 0.2) is 5.16 Å². The van der Waals surface area contributed by atoms with Crippen LogP contribution < -0.4 is 0 Å². The van der Waals surface area contributed by atoms with Crippen LogP contribution in [0.4, 0.5) is 0 Å². The molecule has 0 rings (SSSR count). The molecule has 0 aliphatic heterocycles. The van der Waals surface area contributed by atoms with Crippen molar-refractivity contribution in [2.75, 3.05) is 0 Å². The highest BCUT2D eigenvalue weighted by atomic mass is 16.4. The van der Waals surface area contributed by atoms with Crippen molar-refractivity contribution < 1.29 is 19.9 Å². The predicted octanol–water partition coefficient (Wildman–Crippen LogP) is 1.05. The lowest BCUT2D eigenvalue weighted by Gasteiger charge is -1.99. The molecule has 0 bridgehead atoms. The van der Waals surface area contributed by atoms with Crippen molar-refractivity contribution in [3.8, 4) is 0 Å². The van der Waals surface area contributed by atoms with Crippen molar-refractivity contribution in [3.63, 3.8) is 0 Å². The van der Waals surface area contributed by atoms with E-state index in [0.29, 0.717) is 18.6 Å². The molecule has 0 unspecified atom stereocenters. The lowest BCUT2D eigenvalue weighted by molar-refractivity contribution is -0.136. The van der Waals surface area contributed by atoms with E-state index in [1.165, 1.54) is 6.92 Å². The molecule has 0 saturated heterocycles. The third kappa shape index (κ3) is 6.99. The topological polar surface area (TPSA) is 87.0 Å². The first kappa shape index (κ1) is 11.6. The van der Waals surface area contributed by atoms with Crippen LogP contribution in [0.5, 0.6) is 0 Å². The SMILES string of the molecule is CC(=O)CC/C(CCC(=O)O)=N/O. The maximum atomic E-state index is 10.5. The summed E-state index contributed by atoms with van der Waals surface area (Å²) in [5.74, 6) is -0.944. The van der Waals surface area contributed by atoms with Crippen LogP contribution in [-0.4, -0.2) is 27.8 Å². The zero-order valence-corrected chi connectivity index (χ0v) is 7.49. The van der Waals surface area contributed by atoms with E-state index in [1.54, 1.807) is 0 Å². The van der Waals surface area contributed by atoms with Gasteiger partial charge in [0.1, 0.15) is 5.78 Å². The van der Waals surface area contributed by atoms with Crippen LogP contribution in [0.2, 0.25) is 0 Å². The number of carboxylic acids is 1. The van der Waals surface area contributed by atoms with Gasteiger partial charge >= 0.3 is 5.97 Å². The maximum absolute atomic E-state index is 10.5. The number of nitrogens with zero attached hydrogens (tertiary/aromatic N) is 1. The van der Waals surface area contributed by atoms with Crippen molar-refractivity contribution in [1.82, 2.24) is 0 Å². The molecule has 5 nitrogen and oxygen atoms in total. The maximum Gasteiger partial charge on any atom is 0.303 e. The van der Waals surface area contributed by atoms with Crippen molar-refractivity contribution in [1.29, 1.82) is 0 Å². The summed E-state index contributed by atoms with van der Waals surface area (Å²) in [6.45, 7) is 1.44. The molecule has 0 aromatic carbocycles. The highest BCUT2D eigenvalue weighted by Crippen LogP contribution is 2.01. The van der Waals surface area contributed by atoms with Gasteiger partial charge < -0.3 is 15.1 Å². The second kappa shape index (κ2) is 6.16. The summed E-state index contributed by atoms with van der Waals surface area (Å²) >= 11 is 0. The zero-order chi connectivity index (χ0) is 10.3. The van der Waals surface area contributed by atoms with E-state index in [2.05, 4.69) is 5.16 Å². The minimum absolute atomic E-state index is 0.00326. The van der Waals surface area contributed by atoms with Gasteiger partial charge in [-0.15, -0.1) is 0 Å². The Labute approximate surface area is 76.1 Å². The number of oxime groups is 1. The van der Waals surface area contributed by atoms with Crippen molar-refractivity contribution in [2.45, 2.75) is 32.6 Å². The first-order valence-electron chi connectivity index (χ1n) is 3.97. The van der Waals surface area contributed by atoms with Gasteiger partial charge in [0, 0.05) is 6.42 Å². The van der Waals surface area contributed by atoms with E-state index in [-0.39, 0.29) is 18.6 Å². The Morgan fingerprint density at radius 1 is 1.15 bits per heavy atom. The molecule has 0 radical (unpaired) electrons. The summed E-state index contributed by atoms with van der Waals surface area (Å²) in [5, 5.41) is 19.7. The highest BCUT2D eigenvalue weighted by Gasteiger charge is 2.05. The molecule has 0 atom stereocenters. The summed E-state index contributed by atoms with van der Waals surface area (Å²) in [6.07, 6.45) is 0.745. The minimum Gasteiger partial charge on any atom is -0.481 e. The Morgan fingerprint density at radius 3 is 2.08 bits per heavy atom. The Morgan fingerprint density at radius 2 is 1.69 bits per heavy atom. The fourth-order valence-electron chi connectivity index (χ4n) is 0.797. The second-order valence-electron chi connectivity index (χ2n) is 2.76. The minimum atomic E-state index is -0.941. The monoisotopic (exact) mass is 187 g/mol. The van der Waals surface area contributed by atoms with E-state index in [0.717, 1.165) is 0 Å². The number of carbonyl (C=O) groups excluding carboxylic acids is 1. The van der Waals surface area contributed by atoms with Crippen molar-refractivity contribution in [2.24, 2.45) is 5.16 Å². The normalized spacial score (nSPS) is 11.3. The van der Waals surface area contributed by atoms with Crippen LogP contribution in [-0.2, 0) is 9.59 Å². The van der Waals surface area contributed by atoms with Crippen LogP contribution >= 0.6 is 0 Å². The molecule has 0 amide bonds. The number of carboxylic acid groups (broad SMARTS) is 1. The number of hydrogen-bond acceptors (Lipinski definition) is 4. The average Bonchev–Trinajstić information content (AvgIpc) is 2.04. The molecule has 0 fully saturated rings. The van der Waals surface area contributed by atoms with Gasteiger partial charge in [0.25, 0.3) is 0 Å². The first-order valence-corrected chi connectivity index (χ1v) is 3.97. The predicted molar refractivity (Wildman–Crippen MR) is 46.0 cm³/mol. The molecule has 0 saturated carbocycles. The van der Waals surface area contributed by atoms with Crippen molar-refractivity contribution in [3.05, 3.63) is 0 Å². The van der Waals surface area contributed by atoms with Crippen LogP contribution in [0, 0.1) is 0 Å². The molecule has 0 aliphatic carbocycles. The third-order valence-electron chi connectivity index (χ3n) is 1.53. The fourth-order valence-corrected chi connectivity index (χ4v) is 0.797. The van der Waals surface area contributed by atoms with Gasteiger partial charge in [0.15, 0.2) is 0 Å². The molecule has 0 aliphatic rings. The number of rotatable bonds is 6. The van der Waals surface area contributed by atoms with E-state index < -0.39 is 5.97 Å². The number of carbonyl (C=O) groups is 2. The summed E-state index contributed by atoms with van der Waals surface area (Å²) in [4.78, 5) is 20.7. The summed E-state index contributed by atoms with van der Waals surface area (Å²) in [5.41, 5.74) is 0.359. The molecular formula is C8H13NO4. The largest absolute Gasteiger partial charge is 0.481 e. The van der Waals surface area contributed by atoms with Gasteiger partial charge in [-0.2, -0.15) is 0 Å². The van der Waals surface area contributed by atoms with Crippen molar-refractivity contribution >= 4 is 17.5 Å². The van der Waals surface area contributed by atoms with Crippen LogP contribution in [0.3, 0.4) is 0 Å². The number of hydrogen-bond donors (Lipinski definition) is 2. The Balaban J connectivity index is 3.78. The number of ketones is 1. The first-order chi connectivity index (χ1) is 6.06. The quantitative estimate of drug-likeness (QED) is 0.369. The smallest absolute Gasteiger partial charge is 0.303 e. The fraction of sp³-hybridized carbons (Fsp3) is 0.625. The zero-order valence-electron chi connectivity index (χ0n) is 7.49. The summed E-state index contributed by atoms with van der Waals surface area (Å²) < 4.78 is 0. The highest BCUT2D eigenvalue weighted by molar-refractivity contribution is 5.90. The lowest BCUT2D eigenvalue weighted by Crippen LogP contribution is -2.05. The van der Waals surface area contributed by atoms with E-state index in [1.807, 2.05) is 0 Å². The molecule has 0 spiro atoms. The van der Waals surface area contributed by atoms with Crippen LogP contribution in [0.25, 0.3) is 0 Å². The van der Waals surface area contributed by atoms with Gasteiger partial charge in [0.05, 0.1) is 12.1 Å². The Hall–Kier alpha value is -1.39. The Bertz CT molecular complexity index is 202. The molecule has 0 aromatic heterocycles. The molecule has 74 valence electrons. The molecule has 5 heteroatoms. The van der Waals surface area contributed by atoms with Gasteiger partial charge in [-0.05, 0) is 19.8 Å². The van der Waals surface area contributed by atoms with Gasteiger partial charge in [-0.1, -0.05) is 5.16 Å². The molecule has 2 N–H and O–H groups in total. The lowest BCUT2D eigenvalue weighted by atomic mass is 10.1. The molecular weight excluding hydrogens is 174 g/mol. The third-order valence-corrected chi connectivity index (χ3v) is 1.53. The van der Waals surface area contributed by atoms with Gasteiger partial charge in [-0.25, -0.2) is 0 Å². The Kier molecular flexibility index (Phi) is 5.50. The van der Waals surface area contributed by atoms with Gasteiger partial charge in [0.2, 0.25) is 0 Å². The van der Waals surface area contributed by atoms with E-state index in [9.17, 15) is 9.59 Å². The molecule has 0 heterocycles. The summed E-state index contributed by atoms with van der Waals surface area (Å²) in [7, 11) is 0. The number of Topliss-reactive ketones (excluding diaryl/α,β-unsaturated/α-hetero) is 1. The second-order valence-corrected chi connectivity index (χ2v) is 2.76. The van der Waals surface area contributed by atoms with E-state index in [4.69, 9.17) is 10.3 Å². The standard InChI is InChI=1S/C8H13NO4/c1-6(10)2-3-7(9-13)4-5-8(11)12/h13H,2-5H2,1H3,(H,11,12)/b9-7-. The van der Waals surface area contributed by atoms with Gasteiger partial charge in [-0.3, -0.25) is 4.79 Å². The molecule has 13 heavy (non-hydrogen) atoms. The average molecular weight is 187 g/mol. The molecule has 0 aromatic rings. The van der Waals surface area contributed by atoms with Crippen LogP contribution in [0.1, 0.15) is 32.6 Å².